The van der Waals surface area contributed by atoms with Gasteiger partial charge in [0.25, 0.3) is 0 Å². The van der Waals surface area contributed by atoms with Crippen molar-refractivity contribution in [3.8, 4) is 0 Å². The maximum Gasteiger partial charge on any atom is 0.491 e. The molecule has 0 atom stereocenters. The van der Waals surface area contributed by atoms with E-state index in [4.69, 9.17) is 21.6 Å². The Morgan fingerprint density at radius 1 is 1.11 bits per heavy atom. The molecule has 2 rings (SSSR count). The van der Waals surface area contributed by atoms with E-state index in [0.29, 0.717) is 17.5 Å². The van der Waals surface area contributed by atoms with Crippen molar-refractivity contribution >= 4 is 30.1 Å². The smallest absolute Gasteiger partial charge is 0.423 e. The second-order valence-corrected chi connectivity index (χ2v) is 4.13. The summed E-state index contributed by atoms with van der Waals surface area (Å²) >= 11 is 5.78. The number of hydrogen-bond acceptors (Lipinski definition) is 5. The van der Waals surface area contributed by atoms with Crippen LogP contribution in [0.15, 0.2) is 36.7 Å². The third-order valence-corrected chi connectivity index (χ3v) is 2.59. The van der Waals surface area contributed by atoms with E-state index in [9.17, 15) is 0 Å². The molecule has 0 fully saturated rings. The molecule has 1 aromatic heterocycles. The van der Waals surface area contributed by atoms with Crippen molar-refractivity contribution in [2.24, 2.45) is 0 Å². The molecule has 0 saturated heterocycles. The van der Waals surface area contributed by atoms with Gasteiger partial charge in [-0.2, -0.15) is 0 Å². The molecular formula is C11H11BClN3O2. The molecular weight excluding hydrogens is 252 g/mol. The van der Waals surface area contributed by atoms with E-state index in [1.54, 1.807) is 0 Å². The van der Waals surface area contributed by atoms with Crippen LogP contribution in [0.1, 0.15) is 5.56 Å². The summed E-state index contributed by atoms with van der Waals surface area (Å²) in [5.74, 6) is 0.425. The van der Waals surface area contributed by atoms with E-state index in [0.717, 1.165) is 5.56 Å². The summed E-state index contributed by atoms with van der Waals surface area (Å²) in [7, 11) is -1.55. The molecule has 0 unspecified atom stereocenters. The fraction of sp³-hybridized carbons (Fsp3) is 0.0909. The van der Waals surface area contributed by atoms with Gasteiger partial charge in [0.2, 0.25) is 5.95 Å². The van der Waals surface area contributed by atoms with E-state index < -0.39 is 7.12 Å². The molecule has 0 radical (unpaired) electrons. The van der Waals surface area contributed by atoms with Gasteiger partial charge in [-0.15, -0.1) is 0 Å². The highest BCUT2D eigenvalue weighted by Crippen LogP contribution is 2.10. The van der Waals surface area contributed by atoms with Crippen LogP contribution in [0, 0.1) is 0 Å². The fourth-order valence-electron chi connectivity index (χ4n) is 1.35. The van der Waals surface area contributed by atoms with Crippen molar-refractivity contribution < 1.29 is 10.0 Å². The van der Waals surface area contributed by atoms with Crippen molar-refractivity contribution in [2.75, 3.05) is 5.32 Å². The number of rotatable bonds is 4. The lowest BCUT2D eigenvalue weighted by Crippen LogP contribution is -2.30. The lowest BCUT2D eigenvalue weighted by Gasteiger charge is -2.05. The number of aromatic nitrogens is 2. The van der Waals surface area contributed by atoms with Gasteiger partial charge in [-0.25, -0.2) is 9.97 Å². The fourth-order valence-corrected chi connectivity index (χ4v) is 1.47. The van der Waals surface area contributed by atoms with Crippen LogP contribution in [-0.2, 0) is 6.54 Å². The maximum atomic E-state index is 8.89. The van der Waals surface area contributed by atoms with Crippen LogP contribution < -0.4 is 10.8 Å². The number of anilines is 1. The van der Waals surface area contributed by atoms with Crippen molar-refractivity contribution in [3.63, 3.8) is 0 Å². The lowest BCUT2D eigenvalue weighted by atomic mass is 9.83. The summed E-state index contributed by atoms with van der Waals surface area (Å²) in [4.78, 5) is 7.93. The van der Waals surface area contributed by atoms with Gasteiger partial charge in [-0.05, 0) is 17.7 Å². The lowest BCUT2D eigenvalue weighted by molar-refractivity contribution is 0.425. The zero-order valence-electron chi connectivity index (χ0n) is 9.42. The molecule has 0 bridgehead atoms. The number of halogens is 1. The topological polar surface area (TPSA) is 78.3 Å². The molecule has 2 aromatic rings. The van der Waals surface area contributed by atoms with Crippen LogP contribution >= 0.6 is 11.6 Å². The first kappa shape index (κ1) is 12.8. The first-order valence-electron chi connectivity index (χ1n) is 5.31. The predicted octanol–water partition coefficient (Wildman–Crippen LogP) is 0.422. The zero-order valence-corrected chi connectivity index (χ0v) is 10.2. The maximum absolute atomic E-state index is 8.89. The van der Waals surface area contributed by atoms with Gasteiger partial charge >= 0.3 is 7.12 Å². The summed E-state index contributed by atoms with van der Waals surface area (Å²) in [6.07, 6.45) is 2.73. The van der Waals surface area contributed by atoms with E-state index in [1.807, 2.05) is 24.3 Å². The predicted molar refractivity (Wildman–Crippen MR) is 70.6 cm³/mol. The highest BCUT2D eigenvalue weighted by molar-refractivity contribution is 6.58. The van der Waals surface area contributed by atoms with Crippen molar-refractivity contribution in [1.29, 1.82) is 0 Å². The molecule has 1 heterocycles. The van der Waals surface area contributed by atoms with Gasteiger partial charge in [-0.1, -0.05) is 23.7 Å². The molecule has 0 amide bonds. The van der Waals surface area contributed by atoms with Crippen molar-refractivity contribution in [3.05, 3.63) is 47.2 Å². The summed E-state index contributed by atoms with van der Waals surface area (Å²) in [5, 5.41) is 21.5. The summed E-state index contributed by atoms with van der Waals surface area (Å²) in [6, 6.07) is 7.43. The summed E-state index contributed by atoms with van der Waals surface area (Å²) in [6.45, 7) is 0.568. The summed E-state index contributed by atoms with van der Waals surface area (Å²) in [5.41, 5.74) is 1.31. The molecule has 0 aliphatic heterocycles. The molecule has 7 heteroatoms. The molecule has 18 heavy (non-hydrogen) atoms. The van der Waals surface area contributed by atoms with E-state index in [1.165, 1.54) is 12.4 Å². The molecule has 0 aliphatic rings. The second-order valence-electron chi connectivity index (χ2n) is 3.69. The second kappa shape index (κ2) is 5.81. The highest BCUT2D eigenvalue weighted by atomic mass is 35.5. The van der Waals surface area contributed by atoms with Gasteiger partial charge < -0.3 is 15.4 Å². The average Bonchev–Trinajstić information content (AvgIpc) is 2.38. The first-order valence-corrected chi connectivity index (χ1v) is 5.69. The van der Waals surface area contributed by atoms with Gasteiger partial charge in [0.05, 0.1) is 0 Å². The molecule has 3 N–H and O–H groups in total. The zero-order chi connectivity index (χ0) is 13.0. The minimum Gasteiger partial charge on any atom is -0.423 e. The molecule has 0 spiro atoms. The SMILES string of the molecule is OB(O)c1cnc(NCc2ccc(Cl)cc2)nc1. The molecule has 92 valence electrons. The standard InChI is InChI=1S/C11H11BClN3O2/c13-10-3-1-8(2-4-10)5-14-11-15-6-9(7-16-11)12(17)18/h1-4,6-7,17-18H,5H2,(H,14,15,16). The Labute approximate surface area is 110 Å². The minimum atomic E-state index is -1.55. The van der Waals surface area contributed by atoms with Crippen LogP contribution in [0.4, 0.5) is 5.95 Å². The molecule has 1 aromatic carbocycles. The molecule has 0 aliphatic carbocycles. The Kier molecular flexibility index (Phi) is 4.14. The Bertz CT molecular complexity index is 505. The van der Waals surface area contributed by atoms with Gasteiger partial charge in [0, 0.05) is 29.4 Å². The monoisotopic (exact) mass is 263 g/mol. The Morgan fingerprint density at radius 3 is 2.28 bits per heavy atom. The van der Waals surface area contributed by atoms with Gasteiger partial charge in [0.1, 0.15) is 0 Å². The molecule has 5 nitrogen and oxygen atoms in total. The quantitative estimate of drug-likeness (QED) is 0.697. The van der Waals surface area contributed by atoms with Gasteiger partial charge in [0.15, 0.2) is 0 Å². The van der Waals surface area contributed by atoms with E-state index >= 15 is 0 Å². The Morgan fingerprint density at radius 2 is 1.72 bits per heavy atom. The van der Waals surface area contributed by atoms with E-state index in [-0.39, 0.29) is 5.46 Å². The van der Waals surface area contributed by atoms with Crippen LogP contribution in [-0.4, -0.2) is 27.1 Å². The van der Waals surface area contributed by atoms with Crippen molar-refractivity contribution in [2.45, 2.75) is 6.54 Å². The van der Waals surface area contributed by atoms with Crippen LogP contribution in [0.2, 0.25) is 5.02 Å². The summed E-state index contributed by atoms with van der Waals surface area (Å²) < 4.78 is 0. The number of nitrogens with one attached hydrogen (secondary N) is 1. The Hall–Kier alpha value is -1.63. The van der Waals surface area contributed by atoms with Crippen LogP contribution in [0.25, 0.3) is 0 Å². The first-order chi connectivity index (χ1) is 8.65. The Balaban J connectivity index is 1.95. The normalized spacial score (nSPS) is 10.2. The minimum absolute atomic E-state index is 0.257. The number of nitrogens with zero attached hydrogens (tertiary/aromatic N) is 2. The third-order valence-electron chi connectivity index (χ3n) is 2.33. The number of hydrogen-bond donors (Lipinski definition) is 3. The average molecular weight is 263 g/mol. The van der Waals surface area contributed by atoms with Gasteiger partial charge in [-0.3, -0.25) is 0 Å². The van der Waals surface area contributed by atoms with E-state index in [2.05, 4.69) is 15.3 Å². The van der Waals surface area contributed by atoms with Crippen LogP contribution in [0.5, 0.6) is 0 Å². The number of benzene rings is 1. The van der Waals surface area contributed by atoms with Crippen molar-refractivity contribution in [1.82, 2.24) is 9.97 Å². The van der Waals surface area contributed by atoms with Crippen LogP contribution in [0.3, 0.4) is 0 Å². The largest absolute Gasteiger partial charge is 0.491 e. The molecule has 0 saturated carbocycles. The third kappa shape index (κ3) is 3.43. The highest BCUT2D eigenvalue weighted by Gasteiger charge is 2.11.